The summed E-state index contributed by atoms with van der Waals surface area (Å²) in [6.45, 7) is 3.73. The lowest BCUT2D eigenvalue weighted by molar-refractivity contribution is 0.903. The minimum Gasteiger partial charge on any atom is -0.107 e. The van der Waals surface area contributed by atoms with E-state index in [9.17, 15) is 0 Å². The van der Waals surface area contributed by atoms with Crippen LogP contribution in [0.15, 0.2) is 0 Å². The molecule has 0 aliphatic rings. The second kappa shape index (κ2) is 7.12. The zero-order chi connectivity index (χ0) is 6.95. The van der Waals surface area contributed by atoms with Crippen LogP contribution in [-0.4, -0.2) is 0 Å². The quantitative estimate of drug-likeness (QED) is 0.387. The Balaban J connectivity index is 3.04. The largest absolute Gasteiger partial charge is 0.107 e. The van der Waals surface area contributed by atoms with Gasteiger partial charge in [0.2, 0.25) is 0 Å². The molecule has 0 saturated carbocycles. The third kappa shape index (κ3) is 7.12. The Morgan fingerprint density at radius 1 is 0.889 bits per heavy atom. The van der Waals surface area contributed by atoms with Crippen molar-refractivity contribution < 1.29 is 0 Å². The first kappa shape index (κ1) is 8.12. The highest BCUT2D eigenvalue weighted by atomic mass is 13.8. The van der Waals surface area contributed by atoms with Gasteiger partial charge in [-0.3, -0.25) is 0 Å². The van der Waals surface area contributed by atoms with E-state index in [1.807, 2.05) is 13.8 Å². The molecule has 0 aromatic rings. The van der Waals surface area contributed by atoms with Gasteiger partial charge in [-0.2, -0.15) is 0 Å². The van der Waals surface area contributed by atoms with Gasteiger partial charge < -0.3 is 0 Å². The third-order valence-corrected chi connectivity index (χ3v) is 0.957. The lowest BCUT2D eigenvalue weighted by Crippen LogP contribution is -1.68. The topological polar surface area (TPSA) is 0 Å². The molecule has 0 aliphatic carbocycles. The van der Waals surface area contributed by atoms with Crippen molar-refractivity contribution in [1.82, 2.24) is 0 Å². The van der Waals surface area contributed by atoms with Gasteiger partial charge in [-0.1, -0.05) is 0 Å². The van der Waals surface area contributed by atoms with Crippen LogP contribution < -0.4 is 0 Å². The Bertz CT molecular complexity index is 136. The van der Waals surface area contributed by atoms with Gasteiger partial charge in [-0.25, -0.2) is 0 Å². The number of rotatable bonds is 2. The van der Waals surface area contributed by atoms with Gasteiger partial charge in [0, 0.05) is 12.8 Å². The fraction of sp³-hybridized carbons (Fsp3) is 0.556. The summed E-state index contributed by atoms with van der Waals surface area (Å²) in [4.78, 5) is 0. The van der Waals surface area contributed by atoms with Crippen molar-refractivity contribution in [3.05, 3.63) is 0 Å². The van der Waals surface area contributed by atoms with Crippen LogP contribution in [0.5, 0.6) is 0 Å². The molecule has 0 aromatic heterocycles. The summed E-state index contributed by atoms with van der Waals surface area (Å²) in [5, 5.41) is 0. The van der Waals surface area contributed by atoms with Crippen molar-refractivity contribution >= 4 is 0 Å². The molecule has 0 atom stereocenters. The highest BCUT2D eigenvalue weighted by Gasteiger charge is 1.76. The van der Waals surface area contributed by atoms with Gasteiger partial charge >= 0.3 is 0 Å². The van der Waals surface area contributed by atoms with Gasteiger partial charge in [-0.15, -0.1) is 23.7 Å². The SMILES string of the molecule is CC#CCCCC#CC. The van der Waals surface area contributed by atoms with Crippen molar-refractivity contribution in [1.29, 1.82) is 0 Å². The molecular weight excluding hydrogens is 108 g/mol. The van der Waals surface area contributed by atoms with Gasteiger partial charge in [0.25, 0.3) is 0 Å². The second-order valence-corrected chi connectivity index (χ2v) is 1.71. The smallest absolute Gasteiger partial charge is 0.00976 e. The van der Waals surface area contributed by atoms with E-state index < -0.39 is 0 Å². The molecule has 0 heteroatoms. The first-order valence-corrected chi connectivity index (χ1v) is 3.21. The highest BCUT2D eigenvalue weighted by Crippen LogP contribution is 1.90. The van der Waals surface area contributed by atoms with Crippen LogP contribution in [0.2, 0.25) is 0 Å². The molecule has 0 heterocycles. The summed E-state index contributed by atoms with van der Waals surface area (Å²) in [6, 6.07) is 0. The lowest BCUT2D eigenvalue weighted by Gasteiger charge is -1.81. The molecule has 0 spiro atoms. The fourth-order valence-corrected chi connectivity index (χ4v) is 0.515. The van der Waals surface area contributed by atoms with Gasteiger partial charge in [0.1, 0.15) is 0 Å². The average molecular weight is 120 g/mol. The van der Waals surface area contributed by atoms with E-state index in [1.54, 1.807) is 0 Å². The minimum atomic E-state index is 0.991. The van der Waals surface area contributed by atoms with Crippen LogP contribution in [0.25, 0.3) is 0 Å². The summed E-state index contributed by atoms with van der Waals surface area (Å²) < 4.78 is 0. The molecule has 0 unspecified atom stereocenters. The summed E-state index contributed by atoms with van der Waals surface area (Å²) in [5.74, 6) is 11.7. The van der Waals surface area contributed by atoms with Crippen LogP contribution in [0.1, 0.15) is 33.1 Å². The van der Waals surface area contributed by atoms with E-state index in [1.165, 1.54) is 0 Å². The van der Waals surface area contributed by atoms with E-state index in [0.717, 1.165) is 19.3 Å². The summed E-state index contributed by atoms with van der Waals surface area (Å²) in [5.41, 5.74) is 0. The maximum Gasteiger partial charge on any atom is 0.00976 e. The molecule has 0 amide bonds. The van der Waals surface area contributed by atoms with E-state index in [2.05, 4.69) is 23.7 Å². The Hall–Kier alpha value is -0.880. The lowest BCUT2D eigenvalue weighted by atomic mass is 10.2. The highest BCUT2D eigenvalue weighted by molar-refractivity contribution is 4.98. The Morgan fingerprint density at radius 3 is 1.67 bits per heavy atom. The molecule has 0 saturated heterocycles. The predicted molar refractivity (Wildman–Crippen MR) is 40.8 cm³/mol. The molecule has 0 radical (unpaired) electrons. The van der Waals surface area contributed by atoms with E-state index in [0.29, 0.717) is 0 Å². The van der Waals surface area contributed by atoms with Crippen molar-refractivity contribution in [3.63, 3.8) is 0 Å². The molecule has 0 aliphatic heterocycles. The number of hydrogen-bond acceptors (Lipinski definition) is 0. The molecule has 0 rings (SSSR count). The summed E-state index contributed by atoms with van der Waals surface area (Å²) in [7, 11) is 0. The summed E-state index contributed by atoms with van der Waals surface area (Å²) in [6.07, 6.45) is 3.10. The Morgan fingerprint density at radius 2 is 1.33 bits per heavy atom. The van der Waals surface area contributed by atoms with Crippen LogP contribution in [0.3, 0.4) is 0 Å². The zero-order valence-electron chi connectivity index (χ0n) is 6.12. The first-order valence-electron chi connectivity index (χ1n) is 3.21. The average Bonchev–Trinajstić information content (AvgIpc) is 1.89. The predicted octanol–water partition coefficient (Wildman–Crippen LogP) is 2.20. The van der Waals surface area contributed by atoms with Crippen molar-refractivity contribution in [2.24, 2.45) is 0 Å². The van der Waals surface area contributed by atoms with Crippen LogP contribution in [-0.2, 0) is 0 Å². The van der Waals surface area contributed by atoms with Crippen LogP contribution in [0.4, 0.5) is 0 Å². The number of unbranched alkanes of at least 4 members (excludes halogenated alkanes) is 2. The standard InChI is InChI=1S/C9H12/c1-3-5-7-9-8-6-4-2/h7-9H2,1-2H3. The third-order valence-electron chi connectivity index (χ3n) is 0.957. The van der Waals surface area contributed by atoms with Gasteiger partial charge in [0.15, 0.2) is 0 Å². The van der Waals surface area contributed by atoms with Crippen molar-refractivity contribution in [2.75, 3.05) is 0 Å². The monoisotopic (exact) mass is 120 g/mol. The van der Waals surface area contributed by atoms with E-state index >= 15 is 0 Å². The molecular formula is C9H12. The summed E-state index contributed by atoms with van der Waals surface area (Å²) >= 11 is 0. The van der Waals surface area contributed by atoms with Crippen LogP contribution in [0, 0.1) is 23.7 Å². The second-order valence-electron chi connectivity index (χ2n) is 1.71. The van der Waals surface area contributed by atoms with Crippen molar-refractivity contribution in [3.8, 4) is 23.7 Å². The molecule has 0 bridgehead atoms. The Labute approximate surface area is 57.7 Å². The fourth-order valence-electron chi connectivity index (χ4n) is 0.515. The van der Waals surface area contributed by atoms with E-state index in [4.69, 9.17) is 0 Å². The Kier molecular flexibility index (Phi) is 6.42. The van der Waals surface area contributed by atoms with Crippen molar-refractivity contribution in [2.45, 2.75) is 33.1 Å². The van der Waals surface area contributed by atoms with Crippen LogP contribution >= 0.6 is 0 Å². The number of hydrogen-bond donors (Lipinski definition) is 0. The molecule has 0 aromatic carbocycles. The molecule has 0 N–H and O–H groups in total. The molecule has 0 fully saturated rings. The molecule has 48 valence electrons. The first-order chi connectivity index (χ1) is 4.41. The maximum absolute atomic E-state index is 2.99. The maximum atomic E-state index is 2.99. The van der Waals surface area contributed by atoms with Gasteiger partial charge in [0.05, 0.1) is 0 Å². The molecule has 0 nitrogen and oxygen atoms in total. The molecule has 9 heavy (non-hydrogen) atoms. The van der Waals surface area contributed by atoms with Gasteiger partial charge in [-0.05, 0) is 20.3 Å². The minimum absolute atomic E-state index is 0.991. The zero-order valence-corrected chi connectivity index (χ0v) is 6.12. The van der Waals surface area contributed by atoms with E-state index in [-0.39, 0.29) is 0 Å². The normalized spacial score (nSPS) is 6.44.